The van der Waals surface area contributed by atoms with Gasteiger partial charge >= 0.3 is 18.0 Å². The van der Waals surface area contributed by atoms with E-state index in [-0.39, 0.29) is 17.9 Å². The molecule has 0 aliphatic carbocycles. The van der Waals surface area contributed by atoms with E-state index in [4.69, 9.17) is 9.47 Å². The van der Waals surface area contributed by atoms with Crippen LogP contribution < -0.4 is 14.4 Å². The van der Waals surface area contributed by atoms with Crippen molar-refractivity contribution < 1.29 is 27.6 Å². The number of fused-ring (bicyclic) bond motifs is 1. The lowest BCUT2D eigenvalue weighted by atomic mass is 9.90. The normalized spacial score (nSPS) is 18.1. The lowest BCUT2D eigenvalue weighted by molar-refractivity contribution is -0.389. The van der Waals surface area contributed by atoms with Crippen LogP contribution in [0.3, 0.4) is 0 Å². The quantitative estimate of drug-likeness (QED) is 0.267. The molecule has 1 saturated heterocycles. The maximum Gasteiger partial charge on any atom is 0.416 e. The number of imidazole rings is 1. The highest BCUT2D eigenvalue weighted by atomic mass is 19.4. The molecular weight excluding hydrogens is 501 g/mol. The molecule has 202 valence electrons. The topological polar surface area (TPSA) is 82.7 Å². The molecule has 1 atom stereocenters. The fourth-order valence-electron chi connectivity index (χ4n) is 4.99. The number of rotatable bonds is 8. The summed E-state index contributed by atoms with van der Waals surface area (Å²) in [6.45, 7) is 2.78. The summed E-state index contributed by atoms with van der Waals surface area (Å²) in [4.78, 5) is 16.6. The van der Waals surface area contributed by atoms with Gasteiger partial charge in [-0.25, -0.2) is 0 Å². The molecule has 0 unspecified atom stereocenters. The van der Waals surface area contributed by atoms with E-state index in [1.165, 1.54) is 6.20 Å². The fourth-order valence-corrected chi connectivity index (χ4v) is 4.99. The first-order chi connectivity index (χ1) is 18.2. The fraction of sp³-hybridized carbons (Fsp3) is 0.444. The Hall–Kier alpha value is -3.76. The Morgan fingerprint density at radius 1 is 1.03 bits per heavy atom. The van der Waals surface area contributed by atoms with Crippen molar-refractivity contribution in [1.82, 2.24) is 9.55 Å². The van der Waals surface area contributed by atoms with Gasteiger partial charge < -0.3 is 24.5 Å². The Morgan fingerprint density at radius 2 is 1.74 bits per heavy atom. The minimum atomic E-state index is -4.29. The predicted octanol–water partition coefficient (Wildman–Crippen LogP) is 5.89. The van der Waals surface area contributed by atoms with Gasteiger partial charge in [0.15, 0.2) is 0 Å². The smallest absolute Gasteiger partial charge is 0.416 e. The number of anilines is 1. The average Bonchev–Trinajstić information content (AvgIpc) is 3.35. The summed E-state index contributed by atoms with van der Waals surface area (Å²) in [6, 6.07) is 13.7. The molecule has 11 heteroatoms. The third-order valence-corrected chi connectivity index (χ3v) is 7.25. The van der Waals surface area contributed by atoms with Crippen LogP contribution in [0.4, 0.5) is 24.7 Å². The van der Waals surface area contributed by atoms with Crippen LogP contribution in [0.5, 0.6) is 11.8 Å². The van der Waals surface area contributed by atoms with Gasteiger partial charge in [-0.2, -0.15) is 13.2 Å². The van der Waals surface area contributed by atoms with Gasteiger partial charge in [0.2, 0.25) is 0 Å². The summed E-state index contributed by atoms with van der Waals surface area (Å²) in [6.07, 6.45) is 1.39. The Labute approximate surface area is 218 Å². The molecular formula is C27H29F3N4O4. The largest absolute Gasteiger partial charge is 0.490 e. The summed E-state index contributed by atoms with van der Waals surface area (Å²) in [5.41, 5.74) is 1.47. The lowest BCUT2D eigenvalue weighted by Crippen LogP contribution is -2.33. The molecule has 3 aromatic rings. The van der Waals surface area contributed by atoms with Crippen molar-refractivity contribution in [3.8, 4) is 11.8 Å². The third kappa shape index (κ3) is 6.20. The zero-order valence-corrected chi connectivity index (χ0v) is 20.8. The Morgan fingerprint density at radius 3 is 2.39 bits per heavy atom. The summed E-state index contributed by atoms with van der Waals surface area (Å²) in [5.74, 6) is 1.06. The van der Waals surface area contributed by atoms with Crippen molar-refractivity contribution >= 4 is 11.5 Å². The second-order valence-corrected chi connectivity index (χ2v) is 9.83. The molecule has 5 rings (SSSR count). The van der Waals surface area contributed by atoms with Crippen LogP contribution in [0, 0.1) is 16.0 Å². The predicted molar refractivity (Wildman–Crippen MR) is 135 cm³/mol. The SMILES string of the molecule is O=[N+]([O-])c1cn2c(n1)O[C@@H](COc1ccc(N3CCC(CCc4ccc(C(F)(F)F)cc4)CC3)cc1)CC2. The number of benzene rings is 2. The van der Waals surface area contributed by atoms with Gasteiger partial charge in [-0.3, -0.25) is 4.57 Å². The second-order valence-electron chi connectivity index (χ2n) is 9.83. The zero-order chi connectivity index (χ0) is 26.7. The zero-order valence-electron chi connectivity index (χ0n) is 20.8. The maximum absolute atomic E-state index is 12.7. The molecule has 0 radical (unpaired) electrons. The first-order valence-electron chi connectivity index (χ1n) is 12.8. The summed E-state index contributed by atoms with van der Waals surface area (Å²) in [7, 11) is 0. The number of nitrogens with zero attached hydrogens (tertiary/aromatic N) is 4. The van der Waals surface area contributed by atoms with Gasteiger partial charge in [0.1, 0.15) is 24.7 Å². The van der Waals surface area contributed by atoms with E-state index < -0.39 is 16.7 Å². The molecule has 1 fully saturated rings. The van der Waals surface area contributed by atoms with Crippen molar-refractivity contribution in [2.75, 3.05) is 24.6 Å². The number of halogens is 3. The molecule has 0 amide bonds. The van der Waals surface area contributed by atoms with E-state index in [1.54, 1.807) is 16.7 Å². The molecule has 0 bridgehead atoms. The number of aryl methyl sites for hydroxylation is 2. The van der Waals surface area contributed by atoms with Gasteiger partial charge in [-0.15, -0.1) is 0 Å². The Bertz CT molecular complexity index is 1240. The van der Waals surface area contributed by atoms with Crippen molar-refractivity contribution in [3.63, 3.8) is 0 Å². The molecule has 38 heavy (non-hydrogen) atoms. The summed E-state index contributed by atoms with van der Waals surface area (Å²) >= 11 is 0. The van der Waals surface area contributed by atoms with Crippen molar-refractivity contribution in [3.05, 3.63) is 76.0 Å². The highest BCUT2D eigenvalue weighted by Gasteiger charge is 2.30. The first-order valence-corrected chi connectivity index (χ1v) is 12.8. The monoisotopic (exact) mass is 530 g/mol. The Balaban J connectivity index is 1.04. The number of aromatic nitrogens is 2. The minimum absolute atomic E-state index is 0.222. The lowest BCUT2D eigenvalue weighted by Gasteiger charge is -2.33. The molecule has 2 aliphatic rings. The molecule has 8 nitrogen and oxygen atoms in total. The van der Waals surface area contributed by atoms with Crippen LogP contribution in [0.15, 0.2) is 54.7 Å². The van der Waals surface area contributed by atoms with Gasteiger partial charge in [-0.05, 0) is 78.5 Å². The summed E-state index contributed by atoms with van der Waals surface area (Å²) < 4.78 is 51.5. The summed E-state index contributed by atoms with van der Waals surface area (Å²) in [5, 5.41) is 10.9. The number of hydrogen-bond acceptors (Lipinski definition) is 6. The van der Waals surface area contributed by atoms with Gasteiger partial charge in [0, 0.05) is 36.7 Å². The van der Waals surface area contributed by atoms with E-state index in [0.29, 0.717) is 25.5 Å². The number of piperidine rings is 1. The van der Waals surface area contributed by atoms with Gasteiger partial charge in [0.25, 0.3) is 0 Å². The van der Waals surface area contributed by atoms with E-state index in [1.807, 2.05) is 24.3 Å². The third-order valence-electron chi connectivity index (χ3n) is 7.25. The van der Waals surface area contributed by atoms with E-state index >= 15 is 0 Å². The Kier molecular flexibility index (Phi) is 7.44. The van der Waals surface area contributed by atoms with E-state index in [0.717, 1.165) is 67.9 Å². The van der Waals surface area contributed by atoms with Crippen molar-refractivity contribution in [2.45, 2.75) is 50.9 Å². The molecule has 0 spiro atoms. The van der Waals surface area contributed by atoms with Crippen LogP contribution in [-0.2, 0) is 19.1 Å². The minimum Gasteiger partial charge on any atom is -0.490 e. The molecule has 2 aromatic carbocycles. The van der Waals surface area contributed by atoms with Gasteiger partial charge in [-0.1, -0.05) is 12.1 Å². The molecule has 2 aliphatic heterocycles. The van der Waals surface area contributed by atoms with Crippen LogP contribution in [0.1, 0.15) is 36.8 Å². The molecule has 1 aromatic heterocycles. The van der Waals surface area contributed by atoms with Crippen LogP contribution >= 0.6 is 0 Å². The molecule has 3 heterocycles. The second kappa shape index (κ2) is 10.9. The average molecular weight is 531 g/mol. The first kappa shape index (κ1) is 25.9. The maximum atomic E-state index is 12.7. The molecule has 0 saturated carbocycles. The highest BCUT2D eigenvalue weighted by Crippen LogP contribution is 2.31. The molecule has 0 N–H and O–H groups in total. The number of nitro groups is 1. The number of hydrogen-bond donors (Lipinski definition) is 0. The van der Waals surface area contributed by atoms with Crippen LogP contribution in [0.25, 0.3) is 0 Å². The van der Waals surface area contributed by atoms with Crippen LogP contribution in [0.2, 0.25) is 0 Å². The highest BCUT2D eigenvalue weighted by molar-refractivity contribution is 5.49. The number of alkyl halides is 3. The standard InChI is InChI=1S/C27H29F3N4O4/c28-27(29,30)21-5-3-19(4-6-21)1-2-20-11-14-32(15-12-20)22-7-9-23(10-8-22)37-18-24-13-16-33-17-25(34(35)36)31-26(33)38-24/h3-10,17,20,24H,1-2,11-16,18H2/t24-/m1/s1. The van der Waals surface area contributed by atoms with E-state index in [2.05, 4.69) is 9.88 Å². The van der Waals surface area contributed by atoms with Crippen molar-refractivity contribution in [1.29, 1.82) is 0 Å². The van der Waals surface area contributed by atoms with Crippen molar-refractivity contribution in [2.24, 2.45) is 5.92 Å². The van der Waals surface area contributed by atoms with Crippen LogP contribution in [-0.4, -0.2) is 40.3 Å². The number of ether oxygens (including phenoxy) is 2. The van der Waals surface area contributed by atoms with E-state index in [9.17, 15) is 23.3 Å². The van der Waals surface area contributed by atoms with Gasteiger partial charge in [0.05, 0.1) is 5.56 Å².